The minimum Gasteiger partial charge on any atom is -0.387 e. The van der Waals surface area contributed by atoms with Gasteiger partial charge in [0, 0.05) is 30.6 Å². The van der Waals surface area contributed by atoms with Gasteiger partial charge >= 0.3 is 0 Å². The second kappa shape index (κ2) is 6.44. The van der Waals surface area contributed by atoms with Gasteiger partial charge in [-0.05, 0) is 12.6 Å². The van der Waals surface area contributed by atoms with E-state index in [0.717, 1.165) is 6.07 Å². The predicted molar refractivity (Wildman–Crippen MR) is 68.4 cm³/mol. The van der Waals surface area contributed by atoms with Crippen LogP contribution in [-0.4, -0.2) is 23.8 Å². The molecule has 0 amide bonds. The highest BCUT2D eigenvalue weighted by Gasteiger charge is 2.13. The lowest BCUT2D eigenvalue weighted by atomic mass is 10.1. The van der Waals surface area contributed by atoms with E-state index in [-0.39, 0.29) is 11.8 Å². The zero-order valence-electron chi connectivity index (χ0n) is 10.7. The lowest BCUT2D eigenvalue weighted by Crippen LogP contribution is -2.34. The van der Waals surface area contributed by atoms with Crippen LogP contribution in [0.5, 0.6) is 0 Å². The Hall–Kier alpha value is -1.49. The fraction of sp³-hybridized carbons (Fsp3) is 0.462. The fourth-order valence-electron chi connectivity index (χ4n) is 1.68. The van der Waals surface area contributed by atoms with E-state index in [1.165, 1.54) is 12.1 Å². The van der Waals surface area contributed by atoms with Crippen LogP contribution in [-0.2, 0) is 6.54 Å². The van der Waals surface area contributed by atoms with Crippen molar-refractivity contribution in [2.75, 3.05) is 13.1 Å². The molecule has 0 aliphatic rings. The molecule has 1 aromatic carbocycles. The highest BCUT2D eigenvalue weighted by Crippen LogP contribution is 2.13. The molecule has 0 aromatic heterocycles. The van der Waals surface area contributed by atoms with Crippen LogP contribution >= 0.6 is 0 Å². The molecule has 18 heavy (non-hydrogen) atoms. The van der Waals surface area contributed by atoms with Crippen molar-refractivity contribution >= 4 is 5.84 Å². The smallest absolute Gasteiger partial charge is 0.130 e. The van der Waals surface area contributed by atoms with Crippen LogP contribution in [0.25, 0.3) is 0 Å². The van der Waals surface area contributed by atoms with Crippen molar-refractivity contribution in [3.63, 3.8) is 0 Å². The van der Waals surface area contributed by atoms with Crippen LogP contribution < -0.4 is 5.73 Å². The van der Waals surface area contributed by atoms with Crippen molar-refractivity contribution in [2.45, 2.75) is 20.4 Å². The van der Waals surface area contributed by atoms with Gasteiger partial charge in [-0.15, -0.1) is 0 Å². The van der Waals surface area contributed by atoms with E-state index in [1.807, 2.05) is 18.7 Å². The van der Waals surface area contributed by atoms with Gasteiger partial charge in [-0.2, -0.15) is 0 Å². The van der Waals surface area contributed by atoms with Crippen molar-refractivity contribution in [3.05, 3.63) is 35.4 Å². The van der Waals surface area contributed by atoms with Gasteiger partial charge in [-0.1, -0.05) is 19.9 Å². The van der Waals surface area contributed by atoms with E-state index in [2.05, 4.69) is 0 Å². The molecule has 0 aliphatic carbocycles. The molecule has 1 rings (SSSR count). The lowest BCUT2D eigenvalue weighted by molar-refractivity contribution is 0.259. The van der Waals surface area contributed by atoms with Crippen LogP contribution in [0.3, 0.4) is 0 Å². The molecule has 0 saturated heterocycles. The lowest BCUT2D eigenvalue weighted by Gasteiger charge is -2.24. The van der Waals surface area contributed by atoms with Crippen LogP contribution in [0.4, 0.5) is 8.78 Å². The zero-order chi connectivity index (χ0) is 13.7. The summed E-state index contributed by atoms with van der Waals surface area (Å²) < 4.78 is 26.3. The van der Waals surface area contributed by atoms with Crippen LogP contribution in [0, 0.1) is 23.0 Å². The Kier molecular flexibility index (Phi) is 5.22. The molecule has 0 heterocycles. The van der Waals surface area contributed by atoms with E-state index >= 15 is 0 Å². The van der Waals surface area contributed by atoms with Gasteiger partial charge in [0.1, 0.15) is 11.6 Å². The molecular formula is C13H19F2N3. The van der Waals surface area contributed by atoms with Crippen molar-refractivity contribution in [3.8, 4) is 0 Å². The Labute approximate surface area is 106 Å². The largest absolute Gasteiger partial charge is 0.387 e. The molecule has 5 heteroatoms. The summed E-state index contributed by atoms with van der Waals surface area (Å²) in [4.78, 5) is 1.97. The van der Waals surface area contributed by atoms with Crippen molar-refractivity contribution in [2.24, 2.45) is 11.7 Å². The van der Waals surface area contributed by atoms with E-state index in [4.69, 9.17) is 11.1 Å². The first-order chi connectivity index (χ1) is 8.43. The topological polar surface area (TPSA) is 53.1 Å². The summed E-state index contributed by atoms with van der Waals surface area (Å²) in [7, 11) is 0. The van der Waals surface area contributed by atoms with Gasteiger partial charge in [0.15, 0.2) is 0 Å². The van der Waals surface area contributed by atoms with Crippen molar-refractivity contribution in [1.82, 2.24) is 4.90 Å². The molecule has 0 fully saturated rings. The quantitative estimate of drug-likeness (QED) is 0.605. The standard InChI is InChI=1S/C13H19F2N3/c1-3-18(7-9(2)13(16)17)8-10-4-5-11(14)6-12(10)15/h4-6,9H,3,7-8H2,1-2H3,(H3,16,17). The Bertz CT molecular complexity index is 421. The maximum absolute atomic E-state index is 13.5. The number of amidine groups is 1. The number of hydrogen-bond acceptors (Lipinski definition) is 2. The number of nitrogens with one attached hydrogen (secondary N) is 1. The SMILES string of the molecule is CCN(Cc1ccc(F)cc1F)CC(C)C(=N)N. The van der Waals surface area contributed by atoms with Crippen LogP contribution in [0.1, 0.15) is 19.4 Å². The van der Waals surface area contributed by atoms with Gasteiger partial charge in [0.2, 0.25) is 0 Å². The summed E-state index contributed by atoms with van der Waals surface area (Å²) in [5, 5.41) is 7.35. The monoisotopic (exact) mass is 255 g/mol. The summed E-state index contributed by atoms with van der Waals surface area (Å²) in [6.07, 6.45) is 0. The first-order valence-corrected chi connectivity index (χ1v) is 5.94. The van der Waals surface area contributed by atoms with Gasteiger partial charge in [0.25, 0.3) is 0 Å². The average Bonchev–Trinajstić information content (AvgIpc) is 2.31. The zero-order valence-corrected chi connectivity index (χ0v) is 10.7. The second-order valence-corrected chi connectivity index (χ2v) is 4.42. The second-order valence-electron chi connectivity index (χ2n) is 4.42. The molecule has 1 aromatic rings. The normalized spacial score (nSPS) is 12.7. The van der Waals surface area contributed by atoms with Crippen molar-refractivity contribution in [1.29, 1.82) is 5.41 Å². The van der Waals surface area contributed by atoms with Crippen LogP contribution in [0.15, 0.2) is 18.2 Å². The Morgan fingerprint density at radius 1 is 1.44 bits per heavy atom. The summed E-state index contributed by atoms with van der Waals surface area (Å²) in [5.41, 5.74) is 5.87. The third-order valence-electron chi connectivity index (χ3n) is 2.92. The molecule has 0 radical (unpaired) electrons. The Morgan fingerprint density at radius 3 is 2.61 bits per heavy atom. The fourth-order valence-corrected chi connectivity index (χ4v) is 1.68. The van der Waals surface area contributed by atoms with E-state index in [0.29, 0.717) is 25.2 Å². The van der Waals surface area contributed by atoms with E-state index in [1.54, 1.807) is 0 Å². The minimum absolute atomic E-state index is 0.0755. The summed E-state index contributed by atoms with van der Waals surface area (Å²) in [6, 6.07) is 3.59. The molecular weight excluding hydrogens is 236 g/mol. The molecule has 0 aliphatic heterocycles. The number of nitrogens with two attached hydrogens (primary N) is 1. The van der Waals surface area contributed by atoms with Gasteiger partial charge in [0.05, 0.1) is 5.84 Å². The predicted octanol–water partition coefficient (Wildman–Crippen LogP) is 2.36. The first kappa shape index (κ1) is 14.6. The highest BCUT2D eigenvalue weighted by atomic mass is 19.1. The maximum atomic E-state index is 13.5. The van der Waals surface area contributed by atoms with Gasteiger partial charge in [-0.25, -0.2) is 8.78 Å². The number of rotatable bonds is 6. The minimum atomic E-state index is -0.573. The third-order valence-corrected chi connectivity index (χ3v) is 2.92. The first-order valence-electron chi connectivity index (χ1n) is 5.94. The van der Waals surface area contributed by atoms with E-state index in [9.17, 15) is 8.78 Å². The molecule has 0 spiro atoms. The molecule has 1 atom stereocenters. The average molecular weight is 255 g/mol. The third kappa shape index (κ3) is 4.07. The maximum Gasteiger partial charge on any atom is 0.130 e. The molecule has 3 N–H and O–H groups in total. The van der Waals surface area contributed by atoms with Gasteiger partial charge in [-0.3, -0.25) is 10.3 Å². The molecule has 3 nitrogen and oxygen atoms in total. The number of hydrogen-bond donors (Lipinski definition) is 2. The van der Waals surface area contributed by atoms with Crippen molar-refractivity contribution < 1.29 is 8.78 Å². The number of nitrogens with zero attached hydrogens (tertiary/aromatic N) is 1. The molecule has 0 bridgehead atoms. The van der Waals surface area contributed by atoms with Gasteiger partial charge < -0.3 is 5.73 Å². The molecule has 100 valence electrons. The number of halogens is 2. The Morgan fingerprint density at radius 2 is 2.11 bits per heavy atom. The number of benzene rings is 1. The van der Waals surface area contributed by atoms with Crippen LogP contribution in [0.2, 0.25) is 0 Å². The molecule has 1 unspecified atom stereocenters. The highest BCUT2D eigenvalue weighted by molar-refractivity contribution is 5.79. The Balaban J connectivity index is 2.70. The summed E-state index contributed by atoms with van der Waals surface area (Å²) in [6.45, 7) is 5.50. The van der Waals surface area contributed by atoms with E-state index < -0.39 is 11.6 Å². The summed E-state index contributed by atoms with van der Waals surface area (Å²) >= 11 is 0. The molecule has 0 saturated carbocycles. The summed E-state index contributed by atoms with van der Waals surface area (Å²) in [5.74, 6) is -1.07.